The van der Waals surface area contributed by atoms with Crippen LogP contribution in [0.5, 0.6) is 11.5 Å². The lowest BCUT2D eigenvalue weighted by atomic mass is 10.1. The monoisotopic (exact) mass is 464 g/mol. The summed E-state index contributed by atoms with van der Waals surface area (Å²) in [4.78, 5) is 32.6. The van der Waals surface area contributed by atoms with Gasteiger partial charge in [-0.2, -0.15) is 18.2 Å². The van der Waals surface area contributed by atoms with Gasteiger partial charge in [0.2, 0.25) is 5.75 Å². The first-order valence-electron chi connectivity index (χ1n) is 9.69. The topological polar surface area (TPSA) is 116 Å². The molecule has 0 fully saturated rings. The van der Waals surface area contributed by atoms with E-state index in [1.165, 1.54) is 31.5 Å². The average Bonchev–Trinajstić information content (AvgIpc) is 3.29. The molecule has 0 radical (unpaired) electrons. The fourth-order valence-electron chi connectivity index (χ4n) is 2.70. The van der Waals surface area contributed by atoms with Crippen LogP contribution in [0.2, 0.25) is 0 Å². The number of nitrogens with one attached hydrogen (secondary N) is 1. The van der Waals surface area contributed by atoms with E-state index in [0.29, 0.717) is 0 Å². The van der Waals surface area contributed by atoms with Crippen molar-refractivity contribution in [3.8, 4) is 23.0 Å². The molecule has 174 valence electrons. The molecule has 1 N–H and O–H groups in total. The lowest BCUT2D eigenvalue weighted by Gasteiger charge is -2.14. The van der Waals surface area contributed by atoms with Gasteiger partial charge in [0.25, 0.3) is 11.8 Å². The minimum absolute atomic E-state index is 0.0168. The van der Waals surface area contributed by atoms with Crippen LogP contribution in [0.3, 0.4) is 0 Å². The Hall–Kier alpha value is -3.96. The first-order chi connectivity index (χ1) is 15.6. The molecular weight excluding hydrogens is 445 g/mol. The first kappa shape index (κ1) is 23.7. The quantitative estimate of drug-likeness (QED) is 0.522. The molecule has 0 spiro atoms. The predicted octanol–water partition coefficient (Wildman–Crippen LogP) is 3.97. The molecule has 3 rings (SSSR count). The number of esters is 1. The SMILES string of the molecule is CCC(=O)Oc1c(OC)ccnc1C(=O)N[C@@H](C)c1noc(-c2ccc(C(F)(F)F)cc2)n1. The number of pyridine rings is 1. The van der Waals surface area contributed by atoms with E-state index in [0.717, 1.165) is 12.1 Å². The van der Waals surface area contributed by atoms with Gasteiger partial charge in [-0.1, -0.05) is 12.1 Å². The van der Waals surface area contributed by atoms with E-state index in [9.17, 15) is 22.8 Å². The van der Waals surface area contributed by atoms with Crippen LogP contribution in [0.1, 0.15) is 48.2 Å². The highest BCUT2D eigenvalue weighted by Crippen LogP contribution is 2.32. The van der Waals surface area contributed by atoms with Crippen LogP contribution in [0, 0.1) is 0 Å². The highest BCUT2D eigenvalue weighted by atomic mass is 19.4. The van der Waals surface area contributed by atoms with Gasteiger partial charge in [-0.25, -0.2) is 4.98 Å². The number of alkyl halides is 3. The molecule has 2 aromatic heterocycles. The molecule has 0 saturated heterocycles. The second kappa shape index (κ2) is 9.67. The summed E-state index contributed by atoms with van der Waals surface area (Å²) in [7, 11) is 1.35. The number of carbonyl (C=O) groups excluding carboxylic acids is 2. The van der Waals surface area contributed by atoms with Crippen molar-refractivity contribution in [1.82, 2.24) is 20.4 Å². The minimum Gasteiger partial charge on any atom is -0.493 e. The van der Waals surface area contributed by atoms with Gasteiger partial charge in [0, 0.05) is 24.2 Å². The molecule has 1 amide bonds. The summed E-state index contributed by atoms with van der Waals surface area (Å²) >= 11 is 0. The fraction of sp³-hybridized carbons (Fsp3) is 0.286. The van der Waals surface area contributed by atoms with Crippen LogP contribution in [0.25, 0.3) is 11.5 Å². The third kappa shape index (κ3) is 5.45. The van der Waals surface area contributed by atoms with Gasteiger partial charge >= 0.3 is 12.1 Å². The second-order valence-corrected chi connectivity index (χ2v) is 6.75. The van der Waals surface area contributed by atoms with E-state index in [-0.39, 0.29) is 40.9 Å². The van der Waals surface area contributed by atoms with Crippen LogP contribution >= 0.6 is 0 Å². The Bertz CT molecular complexity index is 1150. The normalized spacial score (nSPS) is 12.2. The molecule has 9 nitrogen and oxygen atoms in total. The summed E-state index contributed by atoms with van der Waals surface area (Å²) in [6.45, 7) is 3.16. The van der Waals surface area contributed by atoms with E-state index >= 15 is 0 Å². The molecule has 3 aromatic rings. The number of benzene rings is 1. The molecule has 0 unspecified atom stereocenters. The van der Waals surface area contributed by atoms with E-state index < -0.39 is 29.7 Å². The van der Waals surface area contributed by atoms with E-state index in [1.54, 1.807) is 13.8 Å². The van der Waals surface area contributed by atoms with E-state index in [2.05, 4.69) is 20.4 Å². The Kier molecular flexibility index (Phi) is 6.95. The van der Waals surface area contributed by atoms with Gasteiger partial charge in [-0.05, 0) is 31.2 Å². The van der Waals surface area contributed by atoms with Crippen LogP contribution in [0.4, 0.5) is 13.2 Å². The zero-order valence-electron chi connectivity index (χ0n) is 17.8. The number of amides is 1. The number of rotatable bonds is 7. The molecule has 0 aliphatic carbocycles. The third-order valence-electron chi connectivity index (χ3n) is 4.44. The molecule has 1 aromatic carbocycles. The Balaban J connectivity index is 1.78. The van der Waals surface area contributed by atoms with Crippen molar-refractivity contribution >= 4 is 11.9 Å². The molecule has 0 aliphatic rings. The van der Waals surface area contributed by atoms with Gasteiger partial charge < -0.3 is 19.3 Å². The number of ether oxygens (including phenoxy) is 2. The summed E-state index contributed by atoms with van der Waals surface area (Å²) in [5.41, 5.74) is -0.713. The number of aromatic nitrogens is 3. The van der Waals surface area contributed by atoms with E-state index in [1.807, 2.05) is 0 Å². The van der Waals surface area contributed by atoms with Gasteiger partial charge in [-0.3, -0.25) is 9.59 Å². The highest BCUT2D eigenvalue weighted by molar-refractivity contribution is 5.96. The number of halogens is 3. The number of hydrogen-bond acceptors (Lipinski definition) is 8. The molecular formula is C21H19F3N4O5. The van der Waals surface area contributed by atoms with Crippen LogP contribution < -0.4 is 14.8 Å². The van der Waals surface area contributed by atoms with Crippen molar-refractivity contribution in [3.05, 3.63) is 53.6 Å². The van der Waals surface area contributed by atoms with Gasteiger partial charge in [0.1, 0.15) is 0 Å². The molecule has 2 heterocycles. The summed E-state index contributed by atoms with van der Waals surface area (Å²) in [5.74, 6) is -1.20. The summed E-state index contributed by atoms with van der Waals surface area (Å²) < 4.78 is 53.6. The fourth-order valence-corrected chi connectivity index (χ4v) is 2.70. The smallest absolute Gasteiger partial charge is 0.416 e. The first-order valence-corrected chi connectivity index (χ1v) is 9.69. The van der Waals surface area contributed by atoms with Gasteiger partial charge in [0.15, 0.2) is 17.3 Å². The molecule has 0 saturated carbocycles. The maximum absolute atomic E-state index is 12.8. The maximum Gasteiger partial charge on any atom is 0.416 e. The molecule has 33 heavy (non-hydrogen) atoms. The Morgan fingerprint density at radius 3 is 2.48 bits per heavy atom. The van der Waals surface area contributed by atoms with Crippen molar-refractivity contribution < 1.29 is 36.8 Å². The standard InChI is InChI=1S/C21H19F3N4O5/c1-4-15(29)32-17-14(31-3)9-10-25-16(17)19(30)26-11(2)18-27-20(33-28-18)12-5-7-13(8-6-12)21(22,23)24/h5-11H,4H2,1-3H3,(H,26,30)/t11-/m0/s1. The molecule has 0 aliphatic heterocycles. The van der Waals surface area contributed by atoms with Crippen LogP contribution in [0.15, 0.2) is 41.1 Å². The highest BCUT2D eigenvalue weighted by Gasteiger charge is 2.30. The Morgan fingerprint density at radius 1 is 1.18 bits per heavy atom. The average molecular weight is 464 g/mol. The van der Waals surface area contributed by atoms with Gasteiger partial charge in [0.05, 0.1) is 18.7 Å². The minimum atomic E-state index is -4.46. The summed E-state index contributed by atoms with van der Waals surface area (Å²) in [5, 5.41) is 6.38. The largest absolute Gasteiger partial charge is 0.493 e. The van der Waals surface area contributed by atoms with Crippen LogP contribution in [-0.2, 0) is 11.0 Å². The summed E-state index contributed by atoms with van der Waals surface area (Å²) in [6, 6.07) is 4.88. The van der Waals surface area contributed by atoms with Crippen molar-refractivity contribution in [2.45, 2.75) is 32.5 Å². The Labute approximate surface area is 185 Å². The maximum atomic E-state index is 12.8. The van der Waals surface area contributed by atoms with Crippen molar-refractivity contribution in [1.29, 1.82) is 0 Å². The molecule has 1 atom stereocenters. The lowest BCUT2D eigenvalue weighted by Crippen LogP contribution is -2.29. The van der Waals surface area contributed by atoms with Crippen molar-refractivity contribution in [3.63, 3.8) is 0 Å². The zero-order chi connectivity index (χ0) is 24.2. The lowest BCUT2D eigenvalue weighted by molar-refractivity contribution is -0.137. The number of carbonyl (C=O) groups is 2. The third-order valence-corrected chi connectivity index (χ3v) is 4.44. The van der Waals surface area contributed by atoms with Crippen molar-refractivity contribution in [2.24, 2.45) is 0 Å². The van der Waals surface area contributed by atoms with Gasteiger partial charge in [-0.15, -0.1) is 0 Å². The Morgan fingerprint density at radius 2 is 1.88 bits per heavy atom. The molecule has 12 heteroatoms. The zero-order valence-corrected chi connectivity index (χ0v) is 17.8. The van der Waals surface area contributed by atoms with Crippen LogP contribution in [-0.4, -0.2) is 34.1 Å². The van der Waals surface area contributed by atoms with E-state index in [4.69, 9.17) is 14.0 Å². The van der Waals surface area contributed by atoms with Crippen molar-refractivity contribution in [2.75, 3.05) is 7.11 Å². The second-order valence-electron chi connectivity index (χ2n) is 6.75. The number of hydrogen-bond donors (Lipinski definition) is 1. The number of methoxy groups -OCH3 is 1. The molecule has 0 bridgehead atoms. The number of nitrogens with zero attached hydrogens (tertiary/aromatic N) is 3. The predicted molar refractivity (Wildman–Crippen MR) is 107 cm³/mol. The summed E-state index contributed by atoms with van der Waals surface area (Å²) in [6.07, 6.45) is -3.07.